The average Bonchev–Trinajstić information content (AvgIpc) is 2.76. The molecule has 0 radical (unpaired) electrons. The normalized spacial score (nSPS) is 11.3. The van der Waals surface area contributed by atoms with Crippen molar-refractivity contribution in [2.75, 3.05) is 4.72 Å². The summed E-state index contributed by atoms with van der Waals surface area (Å²) in [5.41, 5.74) is 1.14. The number of phenolic OH excluding ortho intramolecular Hbond substituents is 1. The zero-order chi connectivity index (χ0) is 15.8. The number of aryl methyl sites for hydroxylation is 2. The molecule has 0 aliphatic heterocycles. The molecule has 0 spiro atoms. The van der Waals surface area contributed by atoms with Crippen LogP contribution in [0.2, 0.25) is 0 Å². The van der Waals surface area contributed by atoms with Gasteiger partial charge in [0.2, 0.25) is 0 Å². The van der Waals surface area contributed by atoms with Crippen LogP contribution in [0.1, 0.15) is 20.8 Å². The van der Waals surface area contributed by atoms with Crippen LogP contribution in [0, 0.1) is 13.8 Å². The van der Waals surface area contributed by atoms with Crippen LogP contribution in [0.4, 0.5) is 5.69 Å². The molecule has 0 aliphatic carbocycles. The van der Waals surface area contributed by atoms with Crippen molar-refractivity contribution in [3.05, 3.63) is 39.6 Å². The van der Waals surface area contributed by atoms with E-state index in [2.05, 4.69) is 4.72 Å². The quantitative estimate of drug-likeness (QED) is 0.749. The summed E-state index contributed by atoms with van der Waals surface area (Å²) in [6.07, 6.45) is 0. The Kier molecular flexibility index (Phi) is 3.93. The van der Waals surface area contributed by atoms with Gasteiger partial charge in [0.15, 0.2) is 0 Å². The van der Waals surface area contributed by atoms with Crippen LogP contribution in [-0.4, -0.2) is 24.6 Å². The van der Waals surface area contributed by atoms with Crippen LogP contribution >= 0.6 is 11.3 Å². The van der Waals surface area contributed by atoms with Gasteiger partial charge in [0.05, 0.1) is 0 Å². The minimum Gasteiger partial charge on any atom is -0.508 e. The molecule has 0 atom stereocenters. The zero-order valence-corrected chi connectivity index (χ0v) is 12.9. The van der Waals surface area contributed by atoms with Gasteiger partial charge in [-0.2, -0.15) is 0 Å². The van der Waals surface area contributed by atoms with Gasteiger partial charge in [-0.3, -0.25) is 4.72 Å². The van der Waals surface area contributed by atoms with Crippen molar-refractivity contribution < 1.29 is 23.4 Å². The Bertz CT molecular complexity index is 808. The third-order valence-electron chi connectivity index (χ3n) is 2.83. The molecule has 0 unspecified atom stereocenters. The number of aromatic carboxylic acids is 1. The monoisotopic (exact) mass is 327 g/mol. The van der Waals surface area contributed by atoms with Crippen molar-refractivity contribution in [2.45, 2.75) is 18.7 Å². The first-order valence-electron chi connectivity index (χ1n) is 5.86. The van der Waals surface area contributed by atoms with Gasteiger partial charge in [-0.25, -0.2) is 13.2 Å². The van der Waals surface area contributed by atoms with Gasteiger partial charge in [-0.1, -0.05) is 0 Å². The molecule has 0 saturated carbocycles. The van der Waals surface area contributed by atoms with Crippen molar-refractivity contribution in [1.82, 2.24) is 0 Å². The van der Waals surface area contributed by atoms with Crippen molar-refractivity contribution >= 4 is 33.0 Å². The molecule has 2 aromatic rings. The Morgan fingerprint density at radius 1 is 1.24 bits per heavy atom. The summed E-state index contributed by atoms with van der Waals surface area (Å²) in [4.78, 5) is 10.7. The number of carboxylic acids is 1. The third-order valence-corrected chi connectivity index (χ3v) is 5.61. The highest BCUT2D eigenvalue weighted by Gasteiger charge is 2.26. The molecule has 112 valence electrons. The van der Waals surface area contributed by atoms with Gasteiger partial charge in [-0.15, -0.1) is 11.3 Å². The van der Waals surface area contributed by atoms with E-state index in [0.717, 1.165) is 11.3 Å². The lowest BCUT2D eigenvalue weighted by atomic mass is 10.2. The number of hydrogen-bond acceptors (Lipinski definition) is 5. The van der Waals surface area contributed by atoms with Crippen LogP contribution in [-0.2, 0) is 10.0 Å². The summed E-state index contributed by atoms with van der Waals surface area (Å²) >= 11 is 0.869. The first-order chi connectivity index (χ1) is 9.72. The molecule has 8 heteroatoms. The second-order valence-corrected chi connectivity index (χ2v) is 6.99. The first kappa shape index (κ1) is 15.3. The highest BCUT2D eigenvalue weighted by molar-refractivity contribution is 7.93. The van der Waals surface area contributed by atoms with Crippen molar-refractivity contribution in [3.63, 3.8) is 0 Å². The third kappa shape index (κ3) is 3.01. The van der Waals surface area contributed by atoms with Gasteiger partial charge < -0.3 is 10.2 Å². The van der Waals surface area contributed by atoms with E-state index in [-0.39, 0.29) is 21.2 Å². The number of phenols is 1. The van der Waals surface area contributed by atoms with Crippen molar-refractivity contribution in [2.24, 2.45) is 0 Å². The number of sulfonamides is 1. The fraction of sp³-hybridized carbons (Fsp3) is 0.154. The maximum absolute atomic E-state index is 12.4. The number of carboxylic acid groups (broad SMARTS) is 1. The van der Waals surface area contributed by atoms with E-state index in [1.54, 1.807) is 13.8 Å². The highest BCUT2D eigenvalue weighted by Crippen LogP contribution is 2.29. The zero-order valence-electron chi connectivity index (χ0n) is 11.2. The molecule has 0 aliphatic rings. The maximum Gasteiger partial charge on any atom is 0.347 e. The largest absolute Gasteiger partial charge is 0.508 e. The van der Waals surface area contributed by atoms with Crippen molar-refractivity contribution in [3.8, 4) is 5.75 Å². The molecule has 6 nitrogen and oxygen atoms in total. The van der Waals surface area contributed by atoms with Gasteiger partial charge in [0.1, 0.15) is 15.5 Å². The Morgan fingerprint density at radius 3 is 2.48 bits per heavy atom. The molecule has 1 heterocycles. The lowest BCUT2D eigenvalue weighted by Crippen LogP contribution is -2.16. The van der Waals surface area contributed by atoms with E-state index < -0.39 is 16.0 Å². The van der Waals surface area contributed by atoms with Gasteiger partial charge in [0, 0.05) is 5.69 Å². The Labute approximate surface area is 125 Å². The van der Waals surface area contributed by atoms with Crippen LogP contribution in [0.15, 0.2) is 28.5 Å². The van der Waals surface area contributed by atoms with Gasteiger partial charge in [0.25, 0.3) is 10.0 Å². The molecular formula is C13H13NO5S2. The summed E-state index contributed by atoms with van der Waals surface area (Å²) in [5, 5.41) is 20.0. The van der Waals surface area contributed by atoms with E-state index in [0.29, 0.717) is 11.1 Å². The summed E-state index contributed by atoms with van der Waals surface area (Å²) in [7, 11) is -4.01. The predicted octanol–water partition coefficient (Wildman–Crippen LogP) is 2.57. The number of aromatic hydroxyl groups is 1. The minimum absolute atomic E-state index is 0.0517. The van der Waals surface area contributed by atoms with E-state index in [9.17, 15) is 18.3 Å². The van der Waals surface area contributed by atoms with Gasteiger partial charge >= 0.3 is 5.97 Å². The van der Waals surface area contributed by atoms with Crippen LogP contribution in [0.25, 0.3) is 0 Å². The number of rotatable bonds is 4. The lowest BCUT2D eigenvalue weighted by Gasteiger charge is -2.10. The molecule has 1 aromatic carbocycles. The fourth-order valence-corrected chi connectivity index (χ4v) is 4.52. The number of nitrogens with one attached hydrogen (secondary N) is 1. The highest BCUT2D eigenvalue weighted by atomic mass is 32.2. The van der Waals surface area contributed by atoms with E-state index >= 15 is 0 Å². The number of hydrogen-bond donors (Lipinski definition) is 3. The van der Waals surface area contributed by atoms with Crippen LogP contribution in [0.3, 0.4) is 0 Å². The molecular weight excluding hydrogens is 314 g/mol. The van der Waals surface area contributed by atoms with Crippen molar-refractivity contribution in [1.29, 1.82) is 0 Å². The lowest BCUT2D eigenvalue weighted by molar-refractivity contribution is 0.0698. The van der Waals surface area contributed by atoms with Crippen LogP contribution < -0.4 is 4.72 Å². The standard InChI is InChI=1S/C13H13NO5S2/c1-7-5-9(3-4-10(7)15)14-21(18,19)12-8(2)6-20-11(12)13(16)17/h3-6,14-15H,1-2H3,(H,16,17). The first-order valence-corrected chi connectivity index (χ1v) is 8.22. The van der Waals surface area contributed by atoms with E-state index in [4.69, 9.17) is 5.11 Å². The van der Waals surface area contributed by atoms with Gasteiger partial charge in [-0.05, 0) is 48.6 Å². The average molecular weight is 327 g/mol. The van der Waals surface area contributed by atoms with E-state index in [1.807, 2.05) is 0 Å². The topological polar surface area (TPSA) is 104 Å². The molecule has 0 fully saturated rings. The molecule has 2 rings (SSSR count). The molecule has 1 aromatic heterocycles. The SMILES string of the molecule is Cc1cc(NS(=O)(=O)c2c(C)csc2C(=O)O)ccc1O. The Balaban J connectivity index is 2.45. The Hall–Kier alpha value is -2.06. The summed E-state index contributed by atoms with van der Waals surface area (Å²) in [6.45, 7) is 3.17. The molecule has 0 saturated heterocycles. The summed E-state index contributed by atoms with van der Waals surface area (Å²) in [5.74, 6) is -1.23. The number of anilines is 1. The number of carbonyl (C=O) groups is 1. The maximum atomic E-state index is 12.4. The Morgan fingerprint density at radius 2 is 1.90 bits per heavy atom. The second-order valence-electron chi connectivity index (χ2n) is 4.49. The molecule has 3 N–H and O–H groups in total. The second kappa shape index (κ2) is 5.38. The fourth-order valence-electron chi connectivity index (χ4n) is 1.84. The molecule has 21 heavy (non-hydrogen) atoms. The summed E-state index contributed by atoms with van der Waals surface area (Å²) in [6, 6.07) is 4.24. The van der Waals surface area contributed by atoms with E-state index in [1.165, 1.54) is 23.6 Å². The minimum atomic E-state index is -4.01. The molecule has 0 bridgehead atoms. The summed E-state index contributed by atoms with van der Waals surface area (Å²) < 4.78 is 27.1. The smallest absolute Gasteiger partial charge is 0.347 e. The molecule has 0 amide bonds. The predicted molar refractivity (Wildman–Crippen MR) is 79.7 cm³/mol. The van der Waals surface area contributed by atoms with Crippen LogP contribution in [0.5, 0.6) is 5.75 Å². The number of thiophene rings is 1. The number of benzene rings is 1.